The van der Waals surface area contributed by atoms with Gasteiger partial charge < -0.3 is 15.9 Å². The average Bonchev–Trinajstić information content (AvgIpc) is 1.91. The molecule has 0 spiro atoms. The molecule has 3 heteroatoms. The lowest BCUT2D eigenvalue weighted by atomic mass is 10.7. The molecule has 0 fully saturated rings. The van der Waals surface area contributed by atoms with Crippen molar-refractivity contribution in [3.8, 4) is 0 Å². The minimum Gasteiger partial charge on any atom is -0.397 e. The number of rotatable bonds is 1. The predicted molar refractivity (Wildman–Crippen MR) is 44.8 cm³/mol. The van der Waals surface area contributed by atoms with E-state index in [2.05, 4.69) is 6.58 Å². The number of aliphatic hydroxyl groups excluding tert-OH is 2. The first-order chi connectivity index (χ1) is 4.74. The van der Waals surface area contributed by atoms with Crippen molar-refractivity contribution in [2.75, 3.05) is 19.8 Å². The van der Waals surface area contributed by atoms with E-state index in [4.69, 9.17) is 15.9 Å². The summed E-state index contributed by atoms with van der Waals surface area (Å²) in [4.78, 5) is 0. The summed E-state index contributed by atoms with van der Waals surface area (Å²) in [5.41, 5.74) is 4.91. The van der Waals surface area contributed by atoms with Crippen molar-refractivity contribution in [2.24, 2.45) is 5.73 Å². The monoisotopic (exact) mass is 149 g/mol. The Labute approximate surface area is 63.2 Å². The summed E-state index contributed by atoms with van der Waals surface area (Å²) >= 11 is 0. The maximum atomic E-state index is 7.57. The highest BCUT2D eigenvalue weighted by Crippen LogP contribution is 1.40. The normalized spacial score (nSPS) is 6.10. The van der Waals surface area contributed by atoms with Crippen molar-refractivity contribution in [1.29, 1.82) is 0 Å². The second-order valence-electron chi connectivity index (χ2n) is 1.16. The molecule has 0 aliphatic rings. The third kappa shape index (κ3) is 869. The maximum Gasteiger partial charge on any atom is 0.0402 e. The molecule has 0 aliphatic heterocycles. The van der Waals surface area contributed by atoms with Crippen LogP contribution in [0.15, 0.2) is 12.7 Å². The third-order valence-electron chi connectivity index (χ3n) is 0.167. The second-order valence-corrected chi connectivity index (χ2v) is 1.16. The van der Waals surface area contributed by atoms with Gasteiger partial charge in [0.05, 0.1) is 0 Å². The van der Waals surface area contributed by atoms with Crippen molar-refractivity contribution in [2.45, 2.75) is 13.8 Å². The lowest BCUT2D eigenvalue weighted by molar-refractivity contribution is 0.318. The molecule has 0 radical (unpaired) electrons. The molecule has 0 rings (SSSR count). The molecule has 10 heavy (non-hydrogen) atoms. The molecule has 0 atom stereocenters. The van der Waals surface area contributed by atoms with Gasteiger partial charge in [-0.1, -0.05) is 6.08 Å². The first kappa shape index (κ1) is 16.3. The fraction of sp³-hybridized carbons (Fsp3) is 0.714. The van der Waals surface area contributed by atoms with E-state index in [9.17, 15) is 0 Å². The van der Waals surface area contributed by atoms with Gasteiger partial charge in [-0.05, 0) is 13.8 Å². The van der Waals surface area contributed by atoms with E-state index in [-0.39, 0.29) is 13.2 Å². The Hall–Kier alpha value is -0.380. The third-order valence-corrected chi connectivity index (χ3v) is 0.167. The summed E-state index contributed by atoms with van der Waals surface area (Å²) in [5.74, 6) is 0. The molecular weight excluding hydrogens is 130 g/mol. The van der Waals surface area contributed by atoms with Crippen LogP contribution in [0.5, 0.6) is 0 Å². The maximum absolute atomic E-state index is 7.57. The Morgan fingerprint density at radius 3 is 1.40 bits per heavy atom. The van der Waals surface area contributed by atoms with Gasteiger partial charge in [-0.3, -0.25) is 0 Å². The zero-order chi connectivity index (χ0) is 8.83. The van der Waals surface area contributed by atoms with Crippen molar-refractivity contribution in [1.82, 2.24) is 0 Å². The van der Waals surface area contributed by atoms with Gasteiger partial charge in [-0.15, -0.1) is 6.58 Å². The SMILES string of the molecule is C=CCN.CCO.CCO. The van der Waals surface area contributed by atoms with E-state index in [1.807, 2.05) is 0 Å². The molecule has 0 aromatic rings. The minimum absolute atomic E-state index is 0.250. The molecular formula is C7H19NO2. The lowest BCUT2D eigenvalue weighted by Gasteiger charge is -1.61. The van der Waals surface area contributed by atoms with Crippen molar-refractivity contribution in [3.63, 3.8) is 0 Å². The molecule has 4 N–H and O–H groups in total. The van der Waals surface area contributed by atoms with E-state index in [0.717, 1.165) is 0 Å². The number of hydrogen-bond acceptors (Lipinski definition) is 3. The predicted octanol–water partition coefficient (Wildman–Crippen LogP) is 0.128. The van der Waals surface area contributed by atoms with E-state index in [1.165, 1.54) is 0 Å². The summed E-state index contributed by atoms with van der Waals surface area (Å²) in [7, 11) is 0. The summed E-state index contributed by atoms with van der Waals surface area (Å²) in [6, 6.07) is 0. The summed E-state index contributed by atoms with van der Waals surface area (Å²) in [6.45, 7) is 7.80. The van der Waals surface area contributed by atoms with Crippen LogP contribution in [0.2, 0.25) is 0 Å². The molecule has 3 nitrogen and oxygen atoms in total. The molecule has 0 aromatic heterocycles. The van der Waals surface area contributed by atoms with Crippen LogP contribution < -0.4 is 5.73 Å². The highest BCUT2D eigenvalue weighted by atomic mass is 16.3. The summed E-state index contributed by atoms with van der Waals surface area (Å²) in [5, 5.41) is 15.1. The van der Waals surface area contributed by atoms with Gasteiger partial charge >= 0.3 is 0 Å². The summed E-state index contributed by atoms with van der Waals surface area (Å²) in [6.07, 6.45) is 1.65. The van der Waals surface area contributed by atoms with Crippen LogP contribution >= 0.6 is 0 Å². The van der Waals surface area contributed by atoms with E-state index in [0.29, 0.717) is 6.54 Å². The first-order valence-electron chi connectivity index (χ1n) is 3.27. The van der Waals surface area contributed by atoms with Crippen molar-refractivity contribution >= 4 is 0 Å². The standard InChI is InChI=1S/C3H7N.2C2H6O/c1-2-3-4;2*1-2-3/h2H,1,3-4H2;2*3H,2H2,1H3. The number of nitrogens with two attached hydrogens (primary N) is 1. The highest BCUT2D eigenvalue weighted by molar-refractivity contribution is 4.64. The molecule has 0 aliphatic carbocycles. The number of hydrogen-bond donors (Lipinski definition) is 3. The van der Waals surface area contributed by atoms with Crippen LogP contribution in [0.1, 0.15) is 13.8 Å². The Morgan fingerprint density at radius 1 is 1.30 bits per heavy atom. The topological polar surface area (TPSA) is 66.5 Å². The smallest absolute Gasteiger partial charge is 0.0402 e. The molecule has 0 saturated heterocycles. The van der Waals surface area contributed by atoms with Gasteiger partial charge in [0.1, 0.15) is 0 Å². The second kappa shape index (κ2) is 38.2. The Bertz CT molecular complexity index is 38.6. The average molecular weight is 149 g/mol. The van der Waals surface area contributed by atoms with Gasteiger partial charge in [-0.25, -0.2) is 0 Å². The molecule has 0 heterocycles. The van der Waals surface area contributed by atoms with Gasteiger partial charge in [0.15, 0.2) is 0 Å². The Balaban J connectivity index is -0.0000000750. The van der Waals surface area contributed by atoms with E-state index >= 15 is 0 Å². The largest absolute Gasteiger partial charge is 0.397 e. The van der Waals surface area contributed by atoms with Crippen LogP contribution in [-0.4, -0.2) is 30.0 Å². The van der Waals surface area contributed by atoms with Crippen LogP contribution in [0.4, 0.5) is 0 Å². The summed E-state index contributed by atoms with van der Waals surface area (Å²) < 4.78 is 0. The van der Waals surface area contributed by atoms with Gasteiger partial charge in [-0.2, -0.15) is 0 Å². The van der Waals surface area contributed by atoms with Gasteiger partial charge in [0.25, 0.3) is 0 Å². The first-order valence-corrected chi connectivity index (χ1v) is 3.27. The van der Waals surface area contributed by atoms with Crippen LogP contribution in [-0.2, 0) is 0 Å². The quantitative estimate of drug-likeness (QED) is 0.464. The minimum atomic E-state index is 0.250. The lowest BCUT2D eigenvalue weighted by Crippen LogP contribution is -1.90. The van der Waals surface area contributed by atoms with Crippen LogP contribution in [0, 0.1) is 0 Å². The highest BCUT2D eigenvalue weighted by Gasteiger charge is 1.43. The molecule has 0 aromatic carbocycles. The van der Waals surface area contributed by atoms with Gasteiger partial charge in [0, 0.05) is 19.8 Å². The van der Waals surface area contributed by atoms with Crippen molar-refractivity contribution < 1.29 is 10.2 Å². The molecule has 0 saturated carbocycles. The van der Waals surface area contributed by atoms with E-state index in [1.54, 1.807) is 19.9 Å². The zero-order valence-electron chi connectivity index (χ0n) is 6.88. The van der Waals surface area contributed by atoms with Crippen LogP contribution in [0.3, 0.4) is 0 Å². The zero-order valence-corrected chi connectivity index (χ0v) is 6.88. The van der Waals surface area contributed by atoms with Gasteiger partial charge in [0.2, 0.25) is 0 Å². The molecule has 0 amide bonds. The molecule has 64 valence electrons. The Morgan fingerprint density at radius 2 is 1.40 bits per heavy atom. The number of aliphatic hydroxyl groups is 2. The fourth-order valence-corrected chi connectivity index (χ4v) is 0. The van der Waals surface area contributed by atoms with Crippen molar-refractivity contribution in [3.05, 3.63) is 12.7 Å². The van der Waals surface area contributed by atoms with E-state index < -0.39 is 0 Å². The molecule has 0 unspecified atom stereocenters. The Kier molecular flexibility index (Phi) is 62.3. The fourth-order valence-electron chi connectivity index (χ4n) is 0. The van der Waals surface area contributed by atoms with Crippen LogP contribution in [0.25, 0.3) is 0 Å². The molecule has 0 bridgehead atoms.